The highest BCUT2D eigenvalue weighted by atomic mass is 35.5. The summed E-state index contributed by atoms with van der Waals surface area (Å²) < 4.78 is 0. The molecule has 0 atom stereocenters. The normalized spacial score (nSPS) is 7.86. The zero-order chi connectivity index (χ0) is 11.0. The maximum Gasteiger partial charge on any atom is 0.274 e. The third kappa shape index (κ3) is 4.45. The molecular formula is C9H9ClN2O2. The number of nitrogens with zero attached hydrogens (tertiary/aromatic N) is 1. The van der Waals surface area contributed by atoms with Gasteiger partial charge in [-0.25, -0.2) is 5.48 Å². The first-order valence-electron chi connectivity index (χ1n) is 3.66. The molecule has 0 saturated carbocycles. The van der Waals surface area contributed by atoms with Crippen LogP contribution in [-0.4, -0.2) is 11.1 Å². The van der Waals surface area contributed by atoms with Gasteiger partial charge >= 0.3 is 0 Å². The molecule has 14 heavy (non-hydrogen) atoms. The molecule has 74 valence electrons. The second kappa shape index (κ2) is 6.89. The fourth-order valence-electron chi connectivity index (χ4n) is 0.666. The number of halogens is 1. The maximum absolute atomic E-state index is 10.7. The molecule has 0 aliphatic heterocycles. The quantitative estimate of drug-likeness (QED) is 0.552. The molecule has 2 N–H and O–H groups in total. The Bertz CT molecular complexity index is 330. The van der Waals surface area contributed by atoms with E-state index in [0.717, 1.165) is 0 Å². The molecule has 0 fully saturated rings. The SMILES string of the molecule is CC#N.O=C(NO)c1ccc(Cl)cc1. The number of carbonyl (C=O) groups is 1. The Hall–Kier alpha value is -1.57. The highest BCUT2D eigenvalue weighted by molar-refractivity contribution is 6.30. The first-order valence-corrected chi connectivity index (χ1v) is 4.04. The predicted octanol–water partition coefficient (Wildman–Crippen LogP) is 1.99. The number of benzene rings is 1. The molecule has 1 aromatic rings. The van der Waals surface area contributed by atoms with E-state index in [9.17, 15) is 4.79 Å². The van der Waals surface area contributed by atoms with Crippen LogP contribution in [0.15, 0.2) is 24.3 Å². The van der Waals surface area contributed by atoms with E-state index in [1.165, 1.54) is 24.5 Å². The minimum atomic E-state index is -0.540. The molecule has 5 heteroatoms. The van der Waals surface area contributed by atoms with Gasteiger partial charge in [0, 0.05) is 17.5 Å². The largest absolute Gasteiger partial charge is 0.288 e. The van der Waals surface area contributed by atoms with Crippen molar-refractivity contribution in [2.45, 2.75) is 6.92 Å². The Balaban J connectivity index is 0.000000500. The molecule has 0 heterocycles. The molecule has 0 aliphatic rings. The Morgan fingerprint density at radius 2 is 1.93 bits per heavy atom. The maximum atomic E-state index is 10.7. The lowest BCUT2D eigenvalue weighted by Crippen LogP contribution is -2.18. The lowest BCUT2D eigenvalue weighted by molar-refractivity contribution is 0.0706. The van der Waals surface area contributed by atoms with Crippen molar-refractivity contribution >= 4 is 17.5 Å². The van der Waals surface area contributed by atoms with Crippen molar-refractivity contribution in [2.75, 3.05) is 0 Å². The van der Waals surface area contributed by atoms with Gasteiger partial charge in [-0.1, -0.05) is 11.6 Å². The Morgan fingerprint density at radius 3 is 2.29 bits per heavy atom. The zero-order valence-electron chi connectivity index (χ0n) is 7.49. The lowest BCUT2D eigenvalue weighted by Gasteiger charge is -1.96. The molecule has 1 amide bonds. The molecular weight excluding hydrogens is 204 g/mol. The van der Waals surface area contributed by atoms with Crippen LogP contribution in [0.5, 0.6) is 0 Å². The fourth-order valence-corrected chi connectivity index (χ4v) is 0.792. The van der Waals surface area contributed by atoms with Crippen molar-refractivity contribution in [1.29, 1.82) is 5.26 Å². The van der Waals surface area contributed by atoms with Crippen molar-refractivity contribution < 1.29 is 10.0 Å². The van der Waals surface area contributed by atoms with Crippen LogP contribution in [0.2, 0.25) is 5.02 Å². The van der Waals surface area contributed by atoms with E-state index in [1.54, 1.807) is 18.2 Å². The minimum absolute atomic E-state index is 0.372. The van der Waals surface area contributed by atoms with Gasteiger partial charge in [-0.15, -0.1) is 0 Å². The second-order valence-corrected chi connectivity index (χ2v) is 2.61. The van der Waals surface area contributed by atoms with E-state index in [2.05, 4.69) is 0 Å². The smallest absolute Gasteiger partial charge is 0.274 e. The molecule has 0 radical (unpaired) electrons. The van der Waals surface area contributed by atoms with Gasteiger partial charge in [0.25, 0.3) is 5.91 Å². The molecule has 1 rings (SSSR count). The monoisotopic (exact) mass is 212 g/mol. The van der Waals surface area contributed by atoms with Gasteiger partial charge < -0.3 is 0 Å². The molecule has 0 bridgehead atoms. The van der Waals surface area contributed by atoms with Gasteiger partial charge in [0.15, 0.2) is 0 Å². The number of amides is 1. The standard InChI is InChI=1S/C7H6ClNO2.C2H3N/c8-6-3-1-5(2-4-6)7(10)9-11;1-2-3/h1-4,11H,(H,9,10);1H3. The predicted molar refractivity (Wildman–Crippen MR) is 52.0 cm³/mol. The Morgan fingerprint density at radius 1 is 1.50 bits per heavy atom. The Labute approximate surface area is 86.7 Å². The van der Waals surface area contributed by atoms with Crippen LogP contribution in [0.25, 0.3) is 0 Å². The number of hydrogen-bond acceptors (Lipinski definition) is 3. The van der Waals surface area contributed by atoms with Crippen molar-refractivity contribution in [3.8, 4) is 6.07 Å². The average Bonchev–Trinajstić information content (AvgIpc) is 2.19. The van der Waals surface area contributed by atoms with Crippen LogP contribution in [0.4, 0.5) is 0 Å². The van der Waals surface area contributed by atoms with E-state index in [0.29, 0.717) is 10.6 Å². The van der Waals surface area contributed by atoms with Crippen LogP contribution in [0.1, 0.15) is 17.3 Å². The zero-order valence-corrected chi connectivity index (χ0v) is 8.25. The van der Waals surface area contributed by atoms with E-state index >= 15 is 0 Å². The number of hydroxylamine groups is 1. The molecule has 0 aromatic heterocycles. The third-order valence-corrected chi connectivity index (χ3v) is 1.46. The molecule has 1 aromatic carbocycles. The van der Waals surface area contributed by atoms with Crippen molar-refractivity contribution in [1.82, 2.24) is 5.48 Å². The first kappa shape index (κ1) is 12.4. The third-order valence-electron chi connectivity index (χ3n) is 1.21. The second-order valence-electron chi connectivity index (χ2n) is 2.17. The summed E-state index contributed by atoms with van der Waals surface area (Å²) in [4.78, 5) is 10.7. The number of nitriles is 1. The molecule has 0 aliphatic carbocycles. The number of rotatable bonds is 1. The average molecular weight is 213 g/mol. The topological polar surface area (TPSA) is 73.1 Å². The summed E-state index contributed by atoms with van der Waals surface area (Å²) in [5.74, 6) is -0.540. The lowest BCUT2D eigenvalue weighted by atomic mass is 10.2. The highest BCUT2D eigenvalue weighted by Gasteiger charge is 2.01. The summed E-state index contributed by atoms with van der Waals surface area (Å²) >= 11 is 5.57. The first-order chi connectivity index (χ1) is 6.65. The van der Waals surface area contributed by atoms with Crippen LogP contribution in [-0.2, 0) is 0 Å². The van der Waals surface area contributed by atoms with E-state index < -0.39 is 5.91 Å². The number of hydrogen-bond donors (Lipinski definition) is 2. The summed E-state index contributed by atoms with van der Waals surface area (Å²) in [5, 5.41) is 16.1. The molecule has 0 saturated heterocycles. The van der Waals surface area contributed by atoms with Crippen LogP contribution in [0.3, 0.4) is 0 Å². The van der Waals surface area contributed by atoms with E-state index in [1.807, 2.05) is 0 Å². The van der Waals surface area contributed by atoms with Crippen molar-refractivity contribution in [3.63, 3.8) is 0 Å². The van der Waals surface area contributed by atoms with Gasteiger partial charge in [-0.2, -0.15) is 5.26 Å². The van der Waals surface area contributed by atoms with Crippen molar-refractivity contribution in [3.05, 3.63) is 34.9 Å². The number of carbonyl (C=O) groups excluding carboxylic acids is 1. The van der Waals surface area contributed by atoms with Gasteiger partial charge in [0.2, 0.25) is 0 Å². The molecule has 4 nitrogen and oxygen atoms in total. The summed E-state index contributed by atoms with van der Waals surface area (Å²) in [6, 6.07) is 7.94. The van der Waals surface area contributed by atoms with Crippen LogP contribution < -0.4 is 5.48 Å². The van der Waals surface area contributed by atoms with Crippen LogP contribution >= 0.6 is 11.6 Å². The summed E-state index contributed by atoms with van der Waals surface area (Å²) in [6.45, 7) is 1.43. The van der Waals surface area contributed by atoms with Crippen LogP contribution in [0, 0.1) is 11.3 Å². The van der Waals surface area contributed by atoms with E-state index in [4.69, 9.17) is 22.1 Å². The minimum Gasteiger partial charge on any atom is -0.288 e. The molecule has 0 unspecified atom stereocenters. The van der Waals surface area contributed by atoms with Gasteiger partial charge in [0.1, 0.15) is 0 Å². The van der Waals surface area contributed by atoms with Crippen molar-refractivity contribution in [2.24, 2.45) is 0 Å². The highest BCUT2D eigenvalue weighted by Crippen LogP contribution is 2.08. The fraction of sp³-hybridized carbons (Fsp3) is 0.111. The molecule has 0 spiro atoms. The number of nitrogens with one attached hydrogen (secondary N) is 1. The van der Waals surface area contributed by atoms with E-state index in [-0.39, 0.29) is 0 Å². The summed E-state index contributed by atoms with van der Waals surface area (Å²) in [6.07, 6.45) is 0. The van der Waals surface area contributed by atoms with Gasteiger partial charge in [-0.05, 0) is 24.3 Å². The summed E-state index contributed by atoms with van der Waals surface area (Å²) in [7, 11) is 0. The van der Waals surface area contributed by atoms with Gasteiger partial charge in [-0.3, -0.25) is 10.0 Å². The van der Waals surface area contributed by atoms with Gasteiger partial charge in [0.05, 0.1) is 6.07 Å². The Kier molecular flexibility index (Phi) is 6.12. The summed E-state index contributed by atoms with van der Waals surface area (Å²) in [5.41, 5.74) is 1.89.